The van der Waals surface area contributed by atoms with Crippen molar-refractivity contribution in [2.75, 3.05) is 29.9 Å². The van der Waals surface area contributed by atoms with Crippen molar-refractivity contribution in [3.05, 3.63) is 35.0 Å². The van der Waals surface area contributed by atoms with Gasteiger partial charge in [-0.3, -0.25) is 10.1 Å². The van der Waals surface area contributed by atoms with E-state index >= 15 is 0 Å². The van der Waals surface area contributed by atoms with Gasteiger partial charge in [-0.1, -0.05) is 0 Å². The summed E-state index contributed by atoms with van der Waals surface area (Å²) in [4.78, 5) is 24.8. The summed E-state index contributed by atoms with van der Waals surface area (Å²) in [6, 6.07) is 4.10. The van der Waals surface area contributed by atoms with Gasteiger partial charge in [-0.2, -0.15) is 0 Å². The van der Waals surface area contributed by atoms with Crippen molar-refractivity contribution in [1.29, 1.82) is 0 Å². The highest BCUT2D eigenvalue weighted by Crippen LogP contribution is 2.31. The van der Waals surface area contributed by atoms with Gasteiger partial charge in [0.05, 0.1) is 5.56 Å². The van der Waals surface area contributed by atoms with Crippen LogP contribution in [0.3, 0.4) is 0 Å². The van der Waals surface area contributed by atoms with Gasteiger partial charge in [0.1, 0.15) is 5.82 Å². The molecule has 27 heavy (non-hydrogen) atoms. The molecule has 1 amide bonds. The summed E-state index contributed by atoms with van der Waals surface area (Å²) >= 11 is 1.58. The predicted octanol–water partition coefficient (Wildman–Crippen LogP) is 3.91. The van der Waals surface area contributed by atoms with Crippen molar-refractivity contribution in [2.24, 2.45) is 0 Å². The second kappa shape index (κ2) is 10.0. The predicted molar refractivity (Wildman–Crippen MR) is 115 cm³/mol. The standard InChI is InChI=1S/C19H27N5OS.ClH/c1-4-24(13(2)3)17-6-5-15(11-21-17)18(25)23-19-22-12-16(26-19)14-7-9-20-10-8-14;/h5-6,11-14,20H,4,7-10H2,1-3H3,(H,22,23,25);1H. The molecule has 3 heterocycles. The number of carbonyl (C=O) groups is 1. The molecule has 0 radical (unpaired) electrons. The molecule has 0 unspecified atom stereocenters. The van der Waals surface area contributed by atoms with Crippen LogP contribution in [0, 0.1) is 0 Å². The SMILES string of the molecule is CCN(c1ccc(C(=O)Nc2ncc(C3CCNCC3)s2)cn1)C(C)C.Cl. The van der Waals surface area contributed by atoms with Gasteiger partial charge in [0.2, 0.25) is 0 Å². The Labute approximate surface area is 171 Å². The zero-order valence-corrected chi connectivity index (χ0v) is 17.7. The molecule has 2 aromatic rings. The zero-order chi connectivity index (χ0) is 18.5. The Morgan fingerprint density at radius 1 is 1.30 bits per heavy atom. The summed E-state index contributed by atoms with van der Waals surface area (Å²) in [5.74, 6) is 1.28. The Kier molecular flexibility index (Phi) is 8.01. The van der Waals surface area contributed by atoms with Gasteiger partial charge in [-0.25, -0.2) is 9.97 Å². The van der Waals surface area contributed by atoms with Crippen LogP contribution in [0.1, 0.15) is 54.8 Å². The van der Waals surface area contributed by atoms with Crippen molar-refractivity contribution in [2.45, 2.75) is 45.6 Å². The van der Waals surface area contributed by atoms with Crippen LogP contribution in [0.25, 0.3) is 0 Å². The van der Waals surface area contributed by atoms with E-state index in [9.17, 15) is 4.79 Å². The Bertz CT molecular complexity index is 728. The second-order valence-electron chi connectivity index (χ2n) is 6.83. The van der Waals surface area contributed by atoms with Crippen molar-refractivity contribution in [1.82, 2.24) is 15.3 Å². The number of hydrogen-bond acceptors (Lipinski definition) is 6. The molecule has 3 rings (SSSR count). The summed E-state index contributed by atoms with van der Waals surface area (Å²) in [6.07, 6.45) is 5.80. The Balaban J connectivity index is 0.00000261. The second-order valence-corrected chi connectivity index (χ2v) is 7.89. The molecule has 0 spiro atoms. The largest absolute Gasteiger partial charge is 0.354 e. The Hall–Kier alpha value is -1.70. The average Bonchev–Trinajstić information content (AvgIpc) is 3.12. The van der Waals surface area contributed by atoms with Crippen LogP contribution in [0.5, 0.6) is 0 Å². The third-order valence-electron chi connectivity index (χ3n) is 4.75. The third kappa shape index (κ3) is 5.40. The van der Waals surface area contributed by atoms with E-state index in [4.69, 9.17) is 0 Å². The Morgan fingerprint density at radius 3 is 2.63 bits per heavy atom. The number of nitrogens with zero attached hydrogens (tertiary/aromatic N) is 3. The van der Waals surface area contributed by atoms with Crippen LogP contribution in [-0.4, -0.2) is 41.6 Å². The highest BCUT2D eigenvalue weighted by Gasteiger charge is 2.19. The lowest BCUT2D eigenvalue weighted by Crippen LogP contribution is -2.31. The minimum absolute atomic E-state index is 0. The highest BCUT2D eigenvalue weighted by molar-refractivity contribution is 7.15. The maximum absolute atomic E-state index is 12.5. The molecule has 8 heteroatoms. The van der Waals surface area contributed by atoms with Gasteiger partial charge in [-0.15, -0.1) is 23.7 Å². The first kappa shape index (κ1) is 21.6. The maximum Gasteiger partial charge on any atom is 0.259 e. The van der Waals surface area contributed by atoms with Crippen molar-refractivity contribution >= 4 is 40.6 Å². The first-order chi connectivity index (χ1) is 12.6. The first-order valence-corrected chi connectivity index (χ1v) is 10.1. The number of hydrogen-bond donors (Lipinski definition) is 2. The Morgan fingerprint density at radius 2 is 2.04 bits per heavy atom. The van der Waals surface area contributed by atoms with E-state index in [1.807, 2.05) is 18.3 Å². The van der Waals surface area contributed by atoms with E-state index in [-0.39, 0.29) is 18.3 Å². The molecule has 1 aliphatic heterocycles. The normalized spacial score (nSPS) is 14.7. The van der Waals surface area contributed by atoms with Gasteiger partial charge in [0.25, 0.3) is 5.91 Å². The number of piperidine rings is 1. The number of carbonyl (C=O) groups excluding carboxylic acids is 1. The van der Waals surface area contributed by atoms with E-state index < -0.39 is 0 Å². The molecule has 0 saturated carbocycles. The summed E-state index contributed by atoms with van der Waals surface area (Å²) < 4.78 is 0. The quantitative estimate of drug-likeness (QED) is 0.756. The average molecular weight is 410 g/mol. The van der Waals surface area contributed by atoms with E-state index in [1.54, 1.807) is 17.5 Å². The maximum atomic E-state index is 12.5. The van der Waals surface area contributed by atoms with Crippen molar-refractivity contribution in [3.8, 4) is 0 Å². The molecule has 0 aromatic carbocycles. The van der Waals surface area contributed by atoms with Gasteiger partial charge >= 0.3 is 0 Å². The van der Waals surface area contributed by atoms with E-state index in [1.165, 1.54) is 4.88 Å². The number of aromatic nitrogens is 2. The molecule has 6 nitrogen and oxygen atoms in total. The van der Waals surface area contributed by atoms with E-state index in [2.05, 4.69) is 46.3 Å². The molecule has 148 valence electrons. The number of nitrogens with one attached hydrogen (secondary N) is 2. The molecule has 1 fully saturated rings. The number of pyridine rings is 1. The van der Waals surface area contributed by atoms with Crippen LogP contribution >= 0.6 is 23.7 Å². The molecular weight excluding hydrogens is 382 g/mol. The van der Waals surface area contributed by atoms with Crippen LogP contribution in [-0.2, 0) is 0 Å². The molecule has 0 aliphatic carbocycles. The minimum atomic E-state index is -0.164. The molecular formula is C19H28ClN5OS. The number of amides is 1. The number of thiazole rings is 1. The van der Waals surface area contributed by atoms with E-state index in [0.29, 0.717) is 22.7 Å². The van der Waals surface area contributed by atoms with Gasteiger partial charge in [0, 0.05) is 29.9 Å². The smallest absolute Gasteiger partial charge is 0.259 e. The van der Waals surface area contributed by atoms with E-state index in [0.717, 1.165) is 38.3 Å². The van der Waals surface area contributed by atoms with Crippen LogP contribution in [0.15, 0.2) is 24.5 Å². The molecule has 1 saturated heterocycles. The number of anilines is 2. The fourth-order valence-electron chi connectivity index (χ4n) is 3.29. The molecule has 0 bridgehead atoms. The van der Waals surface area contributed by atoms with Crippen LogP contribution in [0.4, 0.5) is 10.9 Å². The summed E-state index contributed by atoms with van der Waals surface area (Å²) in [6.45, 7) is 9.35. The summed E-state index contributed by atoms with van der Waals surface area (Å²) in [5.41, 5.74) is 0.548. The topological polar surface area (TPSA) is 70.2 Å². The summed E-state index contributed by atoms with van der Waals surface area (Å²) in [7, 11) is 0. The molecule has 2 N–H and O–H groups in total. The van der Waals surface area contributed by atoms with Gasteiger partial charge in [0.15, 0.2) is 5.13 Å². The lowest BCUT2D eigenvalue weighted by molar-refractivity contribution is 0.102. The third-order valence-corrected chi connectivity index (χ3v) is 5.83. The molecule has 0 atom stereocenters. The highest BCUT2D eigenvalue weighted by atomic mass is 35.5. The number of halogens is 1. The summed E-state index contributed by atoms with van der Waals surface area (Å²) in [5, 5.41) is 6.93. The van der Waals surface area contributed by atoms with Gasteiger partial charge < -0.3 is 10.2 Å². The molecule has 2 aromatic heterocycles. The fourth-order valence-corrected chi connectivity index (χ4v) is 4.27. The van der Waals surface area contributed by atoms with Crippen LogP contribution in [0.2, 0.25) is 0 Å². The lowest BCUT2D eigenvalue weighted by Gasteiger charge is -2.26. The fraction of sp³-hybridized carbons (Fsp3) is 0.526. The van der Waals surface area contributed by atoms with Crippen molar-refractivity contribution in [3.63, 3.8) is 0 Å². The lowest BCUT2D eigenvalue weighted by atomic mass is 9.97. The minimum Gasteiger partial charge on any atom is -0.354 e. The van der Waals surface area contributed by atoms with Gasteiger partial charge in [-0.05, 0) is 64.8 Å². The monoisotopic (exact) mass is 409 g/mol. The van der Waals surface area contributed by atoms with Crippen molar-refractivity contribution < 1.29 is 4.79 Å². The number of rotatable bonds is 6. The van der Waals surface area contributed by atoms with Crippen LogP contribution < -0.4 is 15.5 Å². The zero-order valence-electron chi connectivity index (χ0n) is 16.1. The first-order valence-electron chi connectivity index (χ1n) is 9.29. The molecule has 1 aliphatic rings.